The second-order valence-corrected chi connectivity index (χ2v) is 9.02. The number of imidazole rings is 1. The molecule has 7 nitrogen and oxygen atoms in total. The van der Waals surface area contributed by atoms with Crippen LogP contribution >= 0.6 is 0 Å². The Labute approximate surface area is 224 Å². The number of rotatable bonds is 4. The van der Waals surface area contributed by atoms with Gasteiger partial charge in [0.1, 0.15) is 5.82 Å². The van der Waals surface area contributed by atoms with Crippen LogP contribution in [0, 0.1) is 0 Å². The van der Waals surface area contributed by atoms with Crippen molar-refractivity contribution in [2.75, 3.05) is 70.8 Å². The lowest BCUT2D eigenvalue weighted by atomic mass is 10.1. The molecule has 198 valence electrons. The van der Waals surface area contributed by atoms with Crippen LogP contribution in [-0.4, -0.2) is 75.9 Å². The monoisotopic (exact) mass is 513 g/mol. The van der Waals surface area contributed by atoms with Crippen molar-refractivity contribution in [2.45, 2.75) is 0 Å². The van der Waals surface area contributed by atoms with Crippen molar-refractivity contribution < 1.29 is 18.9 Å². The molecule has 0 bridgehead atoms. The minimum Gasteiger partial charge on any atom is -0.377 e. The van der Waals surface area contributed by atoms with Crippen molar-refractivity contribution >= 4 is 5.69 Å². The van der Waals surface area contributed by atoms with E-state index in [-0.39, 0.29) is 0 Å². The Morgan fingerprint density at radius 3 is 1.58 bits per heavy atom. The number of nitrogens with zero attached hydrogens (tertiary/aromatic N) is 2. The number of benzene rings is 3. The topological polar surface area (TPSA) is 68.8 Å². The second kappa shape index (κ2) is 13.9. The lowest BCUT2D eigenvalue weighted by molar-refractivity contribution is 0.00206. The van der Waals surface area contributed by atoms with Gasteiger partial charge >= 0.3 is 0 Å². The Hall–Kier alpha value is -3.49. The maximum Gasteiger partial charge on any atom is 0.138 e. The Morgan fingerprint density at radius 2 is 1.03 bits per heavy atom. The number of hydrogen-bond donors (Lipinski definition) is 1. The molecule has 1 aromatic heterocycles. The summed E-state index contributed by atoms with van der Waals surface area (Å²) in [5.74, 6) is 0.845. The summed E-state index contributed by atoms with van der Waals surface area (Å²) >= 11 is 0. The van der Waals surface area contributed by atoms with E-state index in [0.29, 0.717) is 52.9 Å². The van der Waals surface area contributed by atoms with E-state index < -0.39 is 0 Å². The van der Waals surface area contributed by atoms with Crippen LogP contribution in [-0.2, 0) is 18.9 Å². The van der Waals surface area contributed by atoms with Gasteiger partial charge in [-0.05, 0) is 24.3 Å². The molecule has 0 spiro atoms. The van der Waals surface area contributed by atoms with Crippen LogP contribution in [0.1, 0.15) is 0 Å². The predicted octanol–water partition coefficient (Wildman–Crippen LogP) is 5.30. The molecule has 0 unspecified atom stereocenters. The normalized spacial score (nSPS) is 16.5. The summed E-state index contributed by atoms with van der Waals surface area (Å²) in [7, 11) is 0. The molecule has 1 N–H and O–H groups in total. The Morgan fingerprint density at radius 1 is 0.526 bits per heavy atom. The summed E-state index contributed by atoms with van der Waals surface area (Å²) in [5.41, 5.74) is 6.32. The molecule has 5 rings (SSSR count). The van der Waals surface area contributed by atoms with Gasteiger partial charge in [-0.15, -0.1) is 0 Å². The number of aromatic amines is 1. The molecule has 0 amide bonds. The van der Waals surface area contributed by atoms with Crippen LogP contribution in [0.4, 0.5) is 5.69 Å². The molecule has 0 atom stereocenters. The van der Waals surface area contributed by atoms with Gasteiger partial charge in [0.2, 0.25) is 0 Å². The Balaban J connectivity index is 1.34. The van der Waals surface area contributed by atoms with E-state index >= 15 is 0 Å². The number of H-pyrrole nitrogens is 1. The highest BCUT2D eigenvalue weighted by atomic mass is 16.6. The molecular formula is C31H35N3O4. The van der Waals surface area contributed by atoms with Gasteiger partial charge in [-0.3, -0.25) is 0 Å². The second-order valence-electron chi connectivity index (χ2n) is 9.02. The van der Waals surface area contributed by atoms with Crippen molar-refractivity contribution in [3.63, 3.8) is 0 Å². The largest absolute Gasteiger partial charge is 0.377 e. The van der Waals surface area contributed by atoms with Crippen molar-refractivity contribution in [1.82, 2.24) is 9.97 Å². The highest BCUT2D eigenvalue weighted by Gasteiger charge is 2.16. The third kappa shape index (κ3) is 7.08. The van der Waals surface area contributed by atoms with Gasteiger partial charge in [-0.25, -0.2) is 4.98 Å². The molecule has 1 saturated heterocycles. The standard InChI is InChI=1S/C31H35N3O4/c1-3-7-25(8-4-1)29-30(26-9-5-2-6-10-26)33-31(32-29)27-11-13-28(14-12-27)34-15-17-35-19-21-37-23-24-38-22-20-36-18-16-34/h1-14H,15-24H2,(H,32,33). The molecule has 7 heteroatoms. The first-order valence-electron chi connectivity index (χ1n) is 13.3. The summed E-state index contributed by atoms with van der Waals surface area (Å²) in [4.78, 5) is 10.9. The molecule has 38 heavy (non-hydrogen) atoms. The fourth-order valence-electron chi connectivity index (χ4n) is 4.44. The average Bonchev–Trinajstić information content (AvgIpc) is 3.42. The van der Waals surface area contributed by atoms with Gasteiger partial charge in [0.15, 0.2) is 0 Å². The van der Waals surface area contributed by atoms with Gasteiger partial charge in [0.05, 0.1) is 64.2 Å². The smallest absolute Gasteiger partial charge is 0.138 e. The van der Waals surface area contributed by atoms with Crippen molar-refractivity contribution in [3.05, 3.63) is 84.9 Å². The number of anilines is 1. The van der Waals surface area contributed by atoms with E-state index in [1.807, 2.05) is 24.3 Å². The predicted molar refractivity (Wildman–Crippen MR) is 150 cm³/mol. The van der Waals surface area contributed by atoms with Crippen LogP contribution in [0.5, 0.6) is 0 Å². The molecule has 4 aromatic rings. The maximum atomic E-state index is 5.79. The summed E-state index contributed by atoms with van der Waals surface area (Å²) < 4.78 is 22.6. The fourth-order valence-corrected chi connectivity index (χ4v) is 4.44. The lowest BCUT2D eigenvalue weighted by Crippen LogP contribution is -2.31. The van der Waals surface area contributed by atoms with E-state index in [4.69, 9.17) is 23.9 Å². The fraction of sp³-hybridized carbons (Fsp3) is 0.323. The zero-order valence-corrected chi connectivity index (χ0v) is 21.7. The number of aromatic nitrogens is 2. The summed E-state index contributed by atoms with van der Waals surface area (Å²) in [6.07, 6.45) is 0. The van der Waals surface area contributed by atoms with Gasteiger partial charge in [-0.2, -0.15) is 0 Å². The molecule has 0 aliphatic carbocycles. The lowest BCUT2D eigenvalue weighted by Gasteiger charge is -2.25. The van der Waals surface area contributed by atoms with E-state index in [9.17, 15) is 0 Å². The maximum absolute atomic E-state index is 5.79. The van der Waals surface area contributed by atoms with Crippen LogP contribution in [0.25, 0.3) is 33.9 Å². The quantitative estimate of drug-likeness (QED) is 0.400. The van der Waals surface area contributed by atoms with Gasteiger partial charge in [0.25, 0.3) is 0 Å². The van der Waals surface area contributed by atoms with E-state index in [0.717, 1.165) is 52.7 Å². The zero-order valence-electron chi connectivity index (χ0n) is 21.7. The molecule has 3 aromatic carbocycles. The van der Waals surface area contributed by atoms with Gasteiger partial charge in [0, 0.05) is 35.5 Å². The van der Waals surface area contributed by atoms with Crippen LogP contribution in [0.2, 0.25) is 0 Å². The first-order valence-corrected chi connectivity index (χ1v) is 13.3. The third-order valence-electron chi connectivity index (χ3n) is 6.45. The molecule has 0 radical (unpaired) electrons. The minimum absolute atomic E-state index is 0.577. The highest BCUT2D eigenvalue weighted by Crippen LogP contribution is 2.33. The molecule has 1 fully saturated rings. The summed E-state index contributed by atoms with van der Waals surface area (Å²) in [6, 6.07) is 29.2. The summed E-state index contributed by atoms with van der Waals surface area (Å²) in [5, 5.41) is 0. The van der Waals surface area contributed by atoms with Crippen LogP contribution in [0.3, 0.4) is 0 Å². The molecule has 1 aliphatic heterocycles. The first kappa shape index (κ1) is 26.1. The molecular weight excluding hydrogens is 478 g/mol. The zero-order chi connectivity index (χ0) is 25.8. The van der Waals surface area contributed by atoms with Crippen LogP contribution in [0.15, 0.2) is 84.9 Å². The Bertz CT molecular complexity index is 1160. The molecule has 1 aliphatic rings. The van der Waals surface area contributed by atoms with E-state index in [1.54, 1.807) is 0 Å². The minimum atomic E-state index is 0.577. The van der Waals surface area contributed by atoms with Gasteiger partial charge < -0.3 is 28.8 Å². The first-order chi connectivity index (χ1) is 18.9. The van der Waals surface area contributed by atoms with Crippen molar-refractivity contribution in [1.29, 1.82) is 0 Å². The average molecular weight is 514 g/mol. The molecule has 2 heterocycles. The highest BCUT2D eigenvalue weighted by molar-refractivity contribution is 5.81. The summed E-state index contributed by atoms with van der Waals surface area (Å²) in [6.45, 7) is 6.27. The Kier molecular flexibility index (Phi) is 9.55. The molecule has 0 saturated carbocycles. The SMILES string of the molecule is c1ccc(-c2nc(-c3ccc(N4CCOCCOCCOCCOCC4)cc3)[nH]c2-c2ccccc2)cc1. The van der Waals surface area contributed by atoms with Gasteiger partial charge in [-0.1, -0.05) is 60.7 Å². The van der Waals surface area contributed by atoms with E-state index in [2.05, 4.69) is 70.5 Å². The van der Waals surface area contributed by atoms with Crippen LogP contribution < -0.4 is 4.90 Å². The third-order valence-corrected chi connectivity index (χ3v) is 6.45. The number of hydrogen-bond acceptors (Lipinski definition) is 6. The van der Waals surface area contributed by atoms with Crippen molar-refractivity contribution in [2.24, 2.45) is 0 Å². The van der Waals surface area contributed by atoms with E-state index in [1.165, 1.54) is 0 Å². The number of nitrogens with one attached hydrogen (secondary N) is 1. The number of ether oxygens (including phenoxy) is 4. The van der Waals surface area contributed by atoms with Crippen molar-refractivity contribution in [3.8, 4) is 33.9 Å².